The van der Waals surface area contributed by atoms with E-state index in [0.717, 1.165) is 44.5 Å². The highest BCUT2D eigenvalue weighted by Crippen LogP contribution is 2.32. The number of aryl methyl sites for hydroxylation is 2. The molecule has 5 nitrogen and oxygen atoms in total. The molecule has 0 aliphatic carbocycles. The summed E-state index contributed by atoms with van der Waals surface area (Å²) < 4.78 is 1.75. The van der Waals surface area contributed by atoms with Gasteiger partial charge in [0.2, 0.25) is 0 Å². The van der Waals surface area contributed by atoms with E-state index < -0.39 is 0 Å². The van der Waals surface area contributed by atoms with Crippen molar-refractivity contribution in [3.63, 3.8) is 0 Å². The molecule has 1 amide bonds. The summed E-state index contributed by atoms with van der Waals surface area (Å²) in [7, 11) is 6.04. The van der Waals surface area contributed by atoms with Gasteiger partial charge in [-0.3, -0.25) is 9.48 Å². The lowest BCUT2D eigenvalue weighted by Crippen LogP contribution is -2.39. The van der Waals surface area contributed by atoms with Crippen LogP contribution < -0.4 is 0 Å². The van der Waals surface area contributed by atoms with Crippen molar-refractivity contribution in [3.05, 3.63) is 52.8 Å². The highest BCUT2D eigenvalue weighted by atomic mass is 16.2. The lowest BCUT2D eigenvalue weighted by Gasteiger charge is -2.36. The van der Waals surface area contributed by atoms with E-state index in [2.05, 4.69) is 60.2 Å². The Balaban J connectivity index is 1.81. The third kappa shape index (κ3) is 4.59. The molecule has 5 heteroatoms. The molecule has 1 aromatic heterocycles. The largest absolute Gasteiger partial charge is 0.330 e. The second kappa shape index (κ2) is 8.70. The molecule has 0 N–H and O–H groups in total. The zero-order valence-electron chi connectivity index (χ0n) is 17.1. The summed E-state index contributed by atoms with van der Waals surface area (Å²) in [6, 6.07) is 10.9. The van der Waals surface area contributed by atoms with Crippen LogP contribution in [0, 0.1) is 0 Å². The van der Waals surface area contributed by atoms with Gasteiger partial charge in [-0.1, -0.05) is 37.6 Å². The van der Waals surface area contributed by atoms with Crippen molar-refractivity contribution in [1.29, 1.82) is 0 Å². The molecule has 146 valence electrons. The minimum atomic E-state index is 0.106. The van der Waals surface area contributed by atoms with Gasteiger partial charge in [-0.2, -0.15) is 5.10 Å². The van der Waals surface area contributed by atoms with Gasteiger partial charge in [0.15, 0.2) is 0 Å². The summed E-state index contributed by atoms with van der Waals surface area (Å²) in [6.07, 6.45) is 5.22. The number of hydrogen-bond donors (Lipinski definition) is 0. The third-order valence-electron chi connectivity index (χ3n) is 5.28. The maximum absolute atomic E-state index is 13.3. The summed E-state index contributed by atoms with van der Waals surface area (Å²) in [5.41, 5.74) is 4.24. The van der Waals surface area contributed by atoms with E-state index in [1.54, 1.807) is 4.68 Å². The minimum absolute atomic E-state index is 0.106. The number of carbonyl (C=O) groups excluding carboxylic acids is 1. The Kier molecular flexibility index (Phi) is 6.32. The van der Waals surface area contributed by atoms with E-state index in [9.17, 15) is 4.79 Å². The molecule has 1 fully saturated rings. The number of rotatable bonds is 6. The number of carbonyl (C=O) groups is 1. The van der Waals surface area contributed by atoms with Crippen LogP contribution in [-0.4, -0.2) is 46.1 Å². The van der Waals surface area contributed by atoms with Crippen molar-refractivity contribution in [2.75, 3.05) is 20.6 Å². The highest BCUT2D eigenvalue weighted by molar-refractivity contribution is 5.93. The van der Waals surface area contributed by atoms with Crippen LogP contribution in [0.5, 0.6) is 0 Å². The number of hydrogen-bond acceptors (Lipinski definition) is 3. The molecule has 1 aliphatic rings. The molecular formula is C22H32N4O. The van der Waals surface area contributed by atoms with Crippen molar-refractivity contribution >= 4 is 5.91 Å². The van der Waals surface area contributed by atoms with Gasteiger partial charge in [-0.05, 0) is 57.0 Å². The fourth-order valence-corrected chi connectivity index (χ4v) is 3.98. The smallest absolute Gasteiger partial charge is 0.272 e. The number of aromatic nitrogens is 2. The van der Waals surface area contributed by atoms with Gasteiger partial charge < -0.3 is 9.80 Å². The van der Waals surface area contributed by atoms with Gasteiger partial charge in [0.05, 0.1) is 11.7 Å². The van der Waals surface area contributed by atoms with Gasteiger partial charge >= 0.3 is 0 Å². The van der Waals surface area contributed by atoms with Gasteiger partial charge in [-0.15, -0.1) is 0 Å². The molecule has 1 aliphatic heterocycles. The Labute approximate surface area is 163 Å². The van der Waals surface area contributed by atoms with Crippen LogP contribution in [-0.2, 0) is 20.0 Å². The van der Waals surface area contributed by atoms with Crippen molar-refractivity contribution in [2.45, 2.75) is 51.6 Å². The number of piperidine rings is 1. The second-order valence-electron chi connectivity index (χ2n) is 7.88. The first-order valence-electron chi connectivity index (χ1n) is 10.1. The van der Waals surface area contributed by atoms with Crippen LogP contribution in [0.25, 0.3) is 0 Å². The van der Waals surface area contributed by atoms with Crippen LogP contribution in [0.4, 0.5) is 0 Å². The highest BCUT2D eigenvalue weighted by Gasteiger charge is 2.30. The van der Waals surface area contributed by atoms with Crippen LogP contribution in [0.3, 0.4) is 0 Å². The Morgan fingerprint density at radius 2 is 1.96 bits per heavy atom. The van der Waals surface area contributed by atoms with E-state index >= 15 is 0 Å². The second-order valence-corrected chi connectivity index (χ2v) is 7.88. The first-order valence-corrected chi connectivity index (χ1v) is 10.1. The van der Waals surface area contributed by atoms with E-state index in [-0.39, 0.29) is 11.9 Å². The predicted molar refractivity (Wildman–Crippen MR) is 109 cm³/mol. The molecule has 2 heterocycles. The average Bonchev–Trinajstić information content (AvgIpc) is 3.02. The molecule has 0 bridgehead atoms. The van der Waals surface area contributed by atoms with E-state index in [1.807, 2.05) is 13.1 Å². The molecule has 2 aromatic rings. The molecular weight excluding hydrogens is 336 g/mol. The maximum atomic E-state index is 13.3. The average molecular weight is 369 g/mol. The molecule has 1 saturated heterocycles. The SMILES string of the molecule is CCCc1cc(C(=O)N2CCCCC2c2ccc(CN(C)C)cc2)n(C)n1. The molecule has 1 aromatic carbocycles. The number of nitrogens with zero attached hydrogens (tertiary/aromatic N) is 4. The molecule has 1 unspecified atom stereocenters. The maximum Gasteiger partial charge on any atom is 0.272 e. The Morgan fingerprint density at radius 1 is 1.22 bits per heavy atom. The third-order valence-corrected chi connectivity index (χ3v) is 5.28. The van der Waals surface area contributed by atoms with Crippen LogP contribution in [0.1, 0.15) is 66.0 Å². The number of benzene rings is 1. The molecule has 0 spiro atoms. The molecule has 1 atom stereocenters. The summed E-state index contributed by atoms with van der Waals surface area (Å²) in [4.78, 5) is 17.5. The molecule has 0 radical (unpaired) electrons. The van der Waals surface area contributed by atoms with Crippen molar-refractivity contribution in [2.24, 2.45) is 7.05 Å². The van der Waals surface area contributed by atoms with Crippen LogP contribution in [0.2, 0.25) is 0 Å². The quantitative estimate of drug-likeness (QED) is 0.779. The Hall–Kier alpha value is -2.14. The zero-order valence-corrected chi connectivity index (χ0v) is 17.1. The van der Waals surface area contributed by atoms with Crippen molar-refractivity contribution < 1.29 is 4.79 Å². The zero-order chi connectivity index (χ0) is 19.4. The lowest BCUT2D eigenvalue weighted by atomic mass is 9.94. The summed E-state index contributed by atoms with van der Waals surface area (Å²) in [5, 5.41) is 4.52. The van der Waals surface area contributed by atoms with E-state index in [4.69, 9.17) is 0 Å². The normalized spacial score (nSPS) is 17.5. The Bertz CT molecular complexity index is 763. The summed E-state index contributed by atoms with van der Waals surface area (Å²) in [6.45, 7) is 3.89. The van der Waals surface area contributed by atoms with Gasteiger partial charge in [-0.25, -0.2) is 0 Å². The molecule has 3 rings (SSSR count). The summed E-state index contributed by atoms with van der Waals surface area (Å²) >= 11 is 0. The summed E-state index contributed by atoms with van der Waals surface area (Å²) in [5.74, 6) is 0.106. The van der Waals surface area contributed by atoms with Gasteiger partial charge in [0, 0.05) is 20.1 Å². The Morgan fingerprint density at radius 3 is 2.63 bits per heavy atom. The van der Waals surface area contributed by atoms with Crippen molar-refractivity contribution in [3.8, 4) is 0 Å². The van der Waals surface area contributed by atoms with E-state index in [0.29, 0.717) is 5.69 Å². The predicted octanol–water partition coefficient (Wildman–Crippen LogP) is 3.80. The molecule has 27 heavy (non-hydrogen) atoms. The number of amides is 1. The fraction of sp³-hybridized carbons (Fsp3) is 0.545. The van der Waals surface area contributed by atoms with E-state index in [1.165, 1.54) is 17.5 Å². The topological polar surface area (TPSA) is 41.4 Å². The van der Waals surface area contributed by atoms with Crippen LogP contribution in [0.15, 0.2) is 30.3 Å². The monoisotopic (exact) mass is 368 g/mol. The fourth-order valence-electron chi connectivity index (χ4n) is 3.98. The first-order chi connectivity index (χ1) is 13.0. The standard InChI is InChI=1S/C22H32N4O/c1-5-8-19-15-21(25(4)23-19)22(27)26-14-7-6-9-20(26)18-12-10-17(11-13-18)16-24(2)3/h10-13,15,20H,5-9,14,16H2,1-4H3. The van der Waals surface area contributed by atoms with Crippen molar-refractivity contribution in [1.82, 2.24) is 19.6 Å². The lowest BCUT2D eigenvalue weighted by molar-refractivity contribution is 0.0600. The first kappa shape index (κ1) is 19.6. The molecule has 0 saturated carbocycles. The van der Waals surface area contributed by atoms with Crippen LogP contribution >= 0.6 is 0 Å². The van der Waals surface area contributed by atoms with Gasteiger partial charge in [0.1, 0.15) is 5.69 Å². The number of likely N-dealkylation sites (tertiary alicyclic amines) is 1. The van der Waals surface area contributed by atoms with Gasteiger partial charge in [0.25, 0.3) is 5.91 Å². The minimum Gasteiger partial charge on any atom is -0.330 e.